The van der Waals surface area contributed by atoms with Crippen molar-refractivity contribution >= 4 is 28.8 Å². The zero-order valence-electron chi connectivity index (χ0n) is 13.7. The predicted molar refractivity (Wildman–Crippen MR) is 90.2 cm³/mol. The first kappa shape index (κ1) is 13.8. The lowest BCUT2D eigenvalue weighted by molar-refractivity contribution is -0.157. The van der Waals surface area contributed by atoms with Gasteiger partial charge in [-0.05, 0) is 85.3 Å². The van der Waals surface area contributed by atoms with E-state index in [4.69, 9.17) is 4.74 Å². The molecule has 7 rings (SSSR count). The Labute approximate surface area is 145 Å². The van der Waals surface area contributed by atoms with Crippen LogP contribution in [0.15, 0.2) is 17.0 Å². The lowest BCUT2D eigenvalue weighted by Crippen LogP contribution is -2.60. The molecule has 1 atom stereocenters. The molecule has 0 unspecified atom stereocenters. The van der Waals surface area contributed by atoms with Gasteiger partial charge >= 0.3 is 11.9 Å². The first-order chi connectivity index (χ1) is 11.6. The van der Waals surface area contributed by atoms with Crippen molar-refractivity contribution in [2.75, 3.05) is 0 Å². The van der Waals surface area contributed by atoms with E-state index in [0.29, 0.717) is 17.4 Å². The molecular formula is C20H20O3S. The number of fused-ring (bicyclic) bond motifs is 2. The molecule has 1 aromatic heterocycles. The highest BCUT2D eigenvalue weighted by atomic mass is 32.1. The van der Waals surface area contributed by atoms with Crippen LogP contribution < -0.4 is 0 Å². The molecule has 0 N–H and O–H groups in total. The molecule has 2 heterocycles. The number of thiophene rings is 1. The number of carbonyl (C=O) groups is 2. The topological polar surface area (TPSA) is 43.4 Å². The normalized spacial score (nSPS) is 45.0. The number of allylic oxidation sites excluding steroid dienone is 1. The molecule has 5 aliphatic carbocycles. The zero-order chi connectivity index (χ0) is 16.2. The molecular weight excluding hydrogens is 320 g/mol. The third-order valence-electron chi connectivity index (χ3n) is 7.77. The van der Waals surface area contributed by atoms with Gasteiger partial charge in [0.05, 0.1) is 5.57 Å². The SMILES string of the molecule is CC1=C2C(=O)OC(=O)[C@@H]2[C@]2(c3sccc31)C1CC3C[C@@H](C1)C[C@H]2C3. The van der Waals surface area contributed by atoms with Crippen molar-refractivity contribution in [1.29, 1.82) is 0 Å². The summed E-state index contributed by atoms with van der Waals surface area (Å²) in [5, 5.41) is 2.15. The Bertz CT molecular complexity index is 802. The summed E-state index contributed by atoms with van der Waals surface area (Å²) in [6.45, 7) is 2.00. The maximum absolute atomic E-state index is 12.8. The van der Waals surface area contributed by atoms with E-state index in [9.17, 15) is 9.59 Å². The van der Waals surface area contributed by atoms with Gasteiger partial charge in [-0.15, -0.1) is 11.3 Å². The van der Waals surface area contributed by atoms with E-state index in [1.54, 1.807) is 11.3 Å². The molecule has 24 heavy (non-hydrogen) atoms. The van der Waals surface area contributed by atoms with Crippen molar-refractivity contribution in [2.24, 2.45) is 29.6 Å². The van der Waals surface area contributed by atoms with Crippen molar-refractivity contribution in [3.8, 4) is 0 Å². The van der Waals surface area contributed by atoms with Gasteiger partial charge in [0, 0.05) is 10.3 Å². The van der Waals surface area contributed by atoms with E-state index >= 15 is 0 Å². The molecule has 5 fully saturated rings. The van der Waals surface area contributed by atoms with Crippen LogP contribution in [0.5, 0.6) is 0 Å². The van der Waals surface area contributed by atoms with Crippen LogP contribution in [-0.2, 0) is 19.7 Å². The highest BCUT2D eigenvalue weighted by Crippen LogP contribution is 2.70. The van der Waals surface area contributed by atoms with Crippen molar-refractivity contribution in [3.63, 3.8) is 0 Å². The van der Waals surface area contributed by atoms with Crippen molar-refractivity contribution in [1.82, 2.24) is 0 Å². The second-order valence-corrected chi connectivity index (χ2v) is 9.50. The third kappa shape index (κ3) is 1.35. The fourth-order valence-electron chi connectivity index (χ4n) is 7.27. The molecule has 4 saturated carbocycles. The molecule has 3 nitrogen and oxygen atoms in total. The van der Waals surface area contributed by atoms with E-state index < -0.39 is 0 Å². The highest BCUT2D eigenvalue weighted by Gasteiger charge is 2.68. The molecule has 1 spiro atoms. The summed E-state index contributed by atoms with van der Waals surface area (Å²) in [7, 11) is 0. The van der Waals surface area contributed by atoms with Crippen LogP contribution in [0, 0.1) is 29.6 Å². The number of cyclic esters (lactones) is 2. The highest BCUT2D eigenvalue weighted by molar-refractivity contribution is 7.10. The average Bonchev–Trinajstić information content (AvgIpc) is 3.13. The van der Waals surface area contributed by atoms with Gasteiger partial charge in [0.2, 0.25) is 0 Å². The summed E-state index contributed by atoms with van der Waals surface area (Å²) in [5.74, 6) is 1.75. The molecule has 4 bridgehead atoms. The quantitative estimate of drug-likeness (QED) is 0.531. The van der Waals surface area contributed by atoms with Gasteiger partial charge in [0.1, 0.15) is 5.92 Å². The lowest BCUT2D eigenvalue weighted by atomic mass is 9.40. The summed E-state index contributed by atoms with van der Waals surface area (Å²) in [6, 6.07) is 2.15. The summed E-state index contributed by atoms with van der Waals surface area (Å²) < 4.78 is 5.18. The average molecular weight is 340 g/mol. The van der Waals surface area contributed by atoms with Crippen molar-refractivity contribution in [2.45, 2.75) is 44.4 Å². The van der Waals surface area contributed by atoms with Gasteiger partial charge in [-0.2, -0.15) is 0 Å². The van der Waals surface area contributed by atoms with Gasteiger partial charge in [-0.3, -0.25) is 4.79 Å². The van der Waals surface area contributed by atoms with Crippen LogP contribution in [0.25, 0.3) is 5.57 Å². The molecule has 1 aromatic rings. The molecule has 0 amide bonds. The number of hydrogen-bond donors (Lipinski definition) is 0. The smallest absolute Gasteiger partial charge is 0.342 e. The van der Waals surface area contributed by atoms with E-state index in [1.165, 1.54) is 42.5 Å². The summed E-state index contributed by atoms with van der Waals surface area (Å²) >= 11 is 1.81. The maximum Gasteiger partial charge on any atom is 0.342 e. The fourth-order valence-corrected chi connectivity index (χ4v) is 8.61. The molecule has 1 aliphatic heterocycles. The second-order valence-electron chi connectivity index (χ2n) is 8.58. The van der Waals surface area contributed by atoms with Crippen LogP contribution in [0.3, 0.4) is 0 Å². The van der Waals surface area contributed by atoms with Gasteiger partial charge in [-0.1, -0.05) is 0 Å². The molecule has 124 valence electrons. The number of ether oxygens (including phenoxy) is 1. The van der Waals surface area contributed by atoms with Crippen molar-refractivity contribution in [3.05, 3.63) is 27.5 Å². The molecule has 6 aliphatic rings. The first-order valence-corrected chi connectivity index (χ1v) is 10.0. The Morgan fingerprint density at radius 1 is 1.08 bits per heavy atom. The van der Waals surface area contributed by atoms with Gasteiger partial charge in [-0.25, -0.2) is 4.79 Å². The predicted octanol–water partition coefficient (Wildman–Crippen LogP) is 3.93. The largest absolute Gasteiger partial charge is 0.389 e. The Hall–Kier alpha value is -1.42. The molecule has 0 radical (unpaired) electrons. The summed E-state index contributed by atoms with van der Waals surface area (Å²) in [5.41, 5.74) is 2.71. The van der Waals surface area contributed by atoms with E-state index in [2.05, 4.69) is 11.4 Å². The molecule has 1 saturated heterocycles. The molecule has 0 aromatic carbocycles. The Morgan fingerprint density at radius 3 is 2.42 bits per heavy atom. The fraction of sp³-hybridized carbons (Fsp3) is 0.600. The number of hydrogen-bond acceptors (Lipinski definition) is 4. The van der Waals surface area contributed by atoms with E-state index in [0.717, 1.165) is 17.4 Å². The zero-order valence-corrected chi connectivity index (χ0v) is 14.5. The number of rotatable bonds is 0. The van der Waals surface area contributed by atoms with Crippen LogP contribution in [0.2, 0.25) is 0 Å². The summed E-state index contributed by atoms with van der Waals surface area (Å²) in [6.07, 6.45) is 6.31. The van der Waals surface area contributed by atoms with Crippen LogP contribution in [-0.4, -0.2) is 11.9 Å². The Kier molecular flexibility index (Phi) is 2.43. The van der Waals surface area contributed by atoms with Crippen molar-refractivity contribution < 1.29 is 14.3 Å². The minimum absolute atomic E-state index is 0.158. The van der Waals surface area contributed by atoms with E-state index in [1.807, 2.05) is 6.92 Å². The number of esters is 2. The maximum atomic E-state index is 12.8. The first-order valence-electron chi connectivity index (χ1n) is 9.15. The minimum atomic E-state index is -0.382. The number of carbonyl (C=O) groups excluding carboxylic acids is 2. The van der Waals surface area contributed by atoms with E-state index in [-0.39, 0.29) is 23.3 Å². The van der Waals surface area contributed by atoms with Crippen LogP contribution in [0.1, 0.15) is 49.5 Å². The molecule has 4 heteroatoms. The second kappa shape index (κ2) is 4.21. The third-order valence-corrected chi connectivity index (χ3v) is 8.85. The Morgan fingerprint density at radius 2 is 1.75 bits per heavy atom. The van der Waals surface area contributed by atoms with Gasteiger partial charge in [0.25, 0.3) is 0 Å². The monoisotopic (exact) mass is 340 g/mol. The Balaban J connectivity index is 1.67. The van der Waals surface area contributed by atoms with Crippen LogP contribution >= 0.6 is 11.3 Å². The minimum Gasteiger partial charge on any atom is -0.389 e. The standard InChI is InChI=1S/C20H20O3S/c1-9-14-2-3-24-17(14)20(16-15(9)18(21)23-19(16)22)12-5-10-4-11(7-12)8-13(20)6-10/h2-3,10-13,16H,4-8H2,1H3/t10-,11?,12+,13?,16-,20-/m1/s1. The lowest BCUT2D eigenvalue weighted by Gasteiger charge is -2.63. The van der Waals surface area contributed by atoms with Gasteiger partial charge in [0.15, 0.2) is 0 Å². The van der Waals surface area contributed by atoms with Gasteiger partial charge < -0.3 is 4.74 Å². The van der Waals surface area contributed by atoms with Crippen LogP contribution in [0.4, 0.5) is 0 Å². The summed E-state index contributed by atoms with van der Waals surface area (Å²) in [4.78, 5) is 26.7.